The normalized spacial score (nSPS) is 28.4. The van der Waals surface area contributed by atoms with Crippen LogP contribution in [0.15, 0.2) is 0 Å². The summed E-state index contributed by atoms with van der Waals surface area (Å²) in [7, 11) is 0. The van der Waals surface area contributed by atoms with Crippen molar-refractivity contribution in [3.8, 4) is 0 Å². The lowest BCUT2D eigenvalue weighted by Gasteiger charge is -2.35. The number of fused-ring (bicyclic) bond motifs is 1. The lowest BCUT2D eigenvalue weighted by molar-refractivity contribution is 0.167. The van der Waals surface area contributed by atoms with Crippen LogP contribution in [0.2, 0.25) is 0 Å². The van der Waals surface area contributed by atoms with E-state index in [4.69, 9.17) is 0 Å². The van der Waals surface area contributed by atoms with E-state index < -0.39 is 0 Å². The molecular formula is C14H24N4. The van der Waals surface area contributed by atoms with Gasteiger partial charge < -0.3 is 5.32 Å². The first-order chi connectivity index (χ1) is 8.77. The second-order valence-electron chi connectivity index (χ2n) is 6.11. The summed E-state index contributed by atoms with van der Waals surface area (Å²) in [6.45, 7) is 6.68. The van der Waals surface area contributed by atoms with Crippen molar-refractivity contribution in [2.75, 3.05) is 6.54 Å². The highest BCUT2D eigenvalue weighted by molar-refractivity contribution is 5.14. The molecule has 0 saturated heterocycles. The van der Waals surface area contributed by atoms with Crippen LogP contribution in [-0.4, -0.2) is 21.5 Å². The minimum absolute atomic E-state index is 0.591. The Morgan fingerprint density at radius 3 is 2.94 bits per heavy atom. The van der Waals surface area contributed by atoms with Crippen molar-refractivity contribution >= 4 is 0 Å². The average molecular weight is 248 g/mol. The van der Waals surface area contributed by atoms with Gasteiger partial charge >= 0.3 is 0 Å². The lowest BCUT2D eigenvalue weighted by atomic mass is 9.77. The Morgan fingerprint density at radius 2 is 2.11 bits per heavy atom. The highest BCUT2D eigenvalue weighted by Crippen LogP contribution is 2.39. The van der Waals surface area contributed by atoms with E-state index in [2.05, 4.69) is 34.2 Å². The van der Waals surface area contributed by atoms with Gasteiger partial charge in [-0.3, -0.25) is 0 Å². The fourth-order valence-corrected chi connectivity index (χ4v) is 3.64. The molecule has 0 spiro atoms. The van der Waals surface area contributed by atoms with Crippen LogP contribution in [0, 0.1) is 11.8 Å². The summed E-state index contributed by atoms with van der Waals surface area (Å²) in [4.78, 5) is 0. The van der Waals surface area contributed by atoms with Crippen molar-refractivity contribution in [1.82, 2.24) is 20.3 Å². The molecule has 1 aliphatic heterocycles. The first kappa shape index (κ1) is 12.2. The lowest BCUT2D eigenvalue weighted by Crippen LogP contribution is -2.31. The summed E-state index contributed by atoms with van der Waals surface area (Å²) in [5, 5.41) is 12.2. The molecule has 18 heavy (non-hydrogen) atoms. The molecule has 100 valence electrons. The zero-order chi connectivity index (χ0) is 12.5. The molecule has 0 bridgehead atoms. The molecule has 0 aromatic carbocycles. The summed E-state index contributed by atoms with van der Waals surface area (Å²) < 4.78 is 2.28. The van der Waals surface area contributed by atoms with Crippen LogP contribution in [0.1, 0.15) is 57.0 Å². The summed E-state index contributed by atoms with van der Waals surface area (Å²) in [5.74, 6) is 1.52. The van der Waals surface area contributed by atoms with Crippen LogP contribution in [0.25, 0.3) is 0 Å². The van der Waals surface area contributed by atoms with Gasteiger partial charge in [0, 0.05) is 19.5 Å². The van der Waals surface area contributed by atoms with Gasteiger partial charge in [0.25, 0.3) is 0 Å². The van der Waals surface area contributed by atoms with Gasteiger partial charge in [-0.2, -0.15) is 0 Å². The zero-order valence-electron chi connectivity index (χ0n) is 11.5. The third-order valence-electron chi connectivity index (χ3n) is 4.65. The molecule has 1 aliphatic carbocycles. The molecule has 1 saturated carbocycles. The summed E-state index contributed by atoms with van der Waals surface area (Å²) in [6, 6.07) is 0.591. The Morgan fingerprint density at radius 1 is 1.28 bits per heavy atom. The average Bonchev–Trinajstić information content (AvgIpc) is 2.82. The molecule has 2 atom stereocenters. The molecule has 1 aromatic heterocycles. The van der Waals surface area contributed by atoms with E-state index in [9.17, 15) is 0 Å². The van der Waals surface area contributed by atoms with Crippen molar-refractivity contribution < 1.29 is 0 Å². The van der Waals surface area contributed by atoms with Crippen LogP contribution in [0.3, 0.4) is 0 Å². The predicted octanol–water partition coefficient (Wildman–Crippen LogP) is 2.31. The second-order valence-corrected chi connectivity index (χ2v) is 6.11. The molecule has 2 heterocycles. The van der Waals surface area contributed by atoms with Crippen molar-refractivity contribution in [3.63, 3.8) is 0 Å². The van der Waals surface area contributed by atoms with Crippen molar-refractivity contribution in [1.29, 1.82) is 0 Å². The Hall–Kier alpha value is -0.900. The van der Waals surface area contributed by atoms with E-state index in [-0.39, 0.29) is 0 Å². The molecular weight excluding hydrogens is 224 g/mol. The topological polar surface area (TPSA) is 42.7 Å². The van der Waals surface area contributed by atoms with Gasteiger partial charge in [-0.05, 0) is 24.7 Å². The van der Waals surface area contributed by atoms with Gasteiger partial charge in [-0.15, -0.1) is 5.10 Å². The molecule has 0 amide bonds. The molecule has 3 rings (SSSR count). The van der Waals surface area contributed by atoms with Gasteiger partial charge in [0.1, 0.15) is 0 Å². The van der Waals surface area contributed by atoms with Crippen LogP contribution in [0.4, 0.5) is 0 Å². The predicted molar refractivity (Wildman–Crippen MR) is 71.3 cm³/mol. The van der Waals surface area contributed by atoms with Crippen LogP contribution < -0.4 is 5.32 Å². The highest BCUT2D eigenvalue weighted by Gasteiger charge is 2.32. The van der Waals surface area contributed by atoms with Crippen molar-refractivity contribution in [2.24, 2.45) is 11.8 Å². The maximum Gasteiger partial charge on any atom is 0.0997 e. The number of nitrogens with one attached hydrogen (secondary N) is 1. The van der Waals surface area contributed by atoms with Gasteiger partial charge in [-0.25, -0.2) is 4.68 Å². The maximum atomic E-state index is 4.48. The molecule has 2 unspecified atom stereocenters. The first-order valence-corrected chi connectivity index (χ1v) is 7.41. The number of hydrogen-bond donors (Lipinski definition) is 1. The Balaban J connectivity index is 1.90. The zero-order valence-corrected chi connectivity index (χ0v) is 11.5. The maximum absolute atomic E-state index is 4.48. The number of aromatic nitrogens is 3. The monoisotopic (exact) mass is 248 g/mol. The molecule has 1 aromatic rings. The third kappa shape index (κ3) is 2.07. The van der Waals surface area contributed by atoms with E-state index >= 15 is 0 Å². The Labute approximate surface area is 109 Å². The third-order valence-corrected chi connectivity index (χ3v) is 4.65. The van der Waals surface area contributed by atoms with Crippen LogP contribution >= 0.6 is 0 Å². The SMILES string of the molecule is CC(C)C1CCCCC1n1nnc2c1CCNC2. The minimum atomic E-state index is 0.591. The fraction of sp³-hybridized carbons (Fsp3) is 0.857. The molecule has 4 nitrogen and oxygen atoms in total. The van der Waals surface area contributed by atoms with Gasteiger partial charge in [0.2, 0.25) is 0 Å². The van der Waals surface area contributed by atoms with Crippen molar-refractivity contribution in [2.45, 2.75) is 58.5 Å². The van der Waals surface area contributed by atoms with E-state index in [1.807, 2.05) is 0 Å². The number of hydrogen-bond acceptors (Lipinski definition) is 3. The van der Waals surface area contributed by atoms with E-state index in [1.54, 1.807) is 0 Å². The largest absolute Gasteiger partial charge is 0.311 e. The highest BCUT2D eigenvalue weighted by atomic mass is 15.4. The van der Waals surface area contributed by atoms with Crippen molar-refractivity contribution in [3.05, 3.63) is 11.4 Å². The molecule has 4 heteroatoms. The smallest absolute Gasteiger partial charge is 0.0997 e. The van der Waals surface area contributed by atoms with E-state index in [0.717, 1.165) is 31.3 Å². The molecule has 1 N–H and O–H groups in total. The van der Waals surface area contributed by atoms with Gasteiger partial charge in [-0.1, -0.05) is 31.9 Å². The molecule has 2 aliphatic rings. The Bertz CT molecular complexity index is 410. The number of rotatable bonds is 2. The first-order valence-electron chi connectivity index (χ1n) is 7.41. The molecule has 1 fully saturated rings. The van der Waals surface area contributed by atoms with Crippen LogP contribution in [-0.2, 0) is 13.0 Å². The number of nitrogens with zero attached hydrogens (tertiary/aromatic N) is 3. The van der Waals surface area contributed by atoms with Crippen LogP contribution in [0.5, 0.6) is 0 Å². The minimum Gasteiger partial charge on any atom is -0.311 e. The quantitative estimate of drug-likeness (QED) is 0.873. The van der Waals surface area contributed by atoms with Gasteiger partial charge in [0.05, 0.1) is 17.4 Å². The van der Waals surface area contributed by atoms with E-state index in [0.29, 0.717) is 6.04 Å². The summed E-state index contributed by atoms with van der Waals surface area (Å²) >= 11 is 0. The summed E-state index contributed by atoms with van der Waals surface area (Å²) in [6.07, 6.45) is 6.46. The van der Waals surface area contributed by atoms with E-state index in [1.165, 1.54) is 37.1 Å². The summed E-state index contributed by atoms with van der Waals surface area (Å²) in [5.41, 5.74) is 2.57. The Kier molecular flexibility index (Phi) is 3.37. The fourth-order valence-electron chi connectivity index (χ4n) is 3.64. The van der Waals surface area contributed by atoms with Gasteiger partial charge in [0.15, 0.2) is 0 Å². The standard InChI is InChI=1S/C14H24N4/c1-10(2)11-5-3-4-6-13(11)18-14-7-8-15-9-12(14)16-17-18/h10-11,13,15H,3-9H2,1-2H3. The molecule has 0 radical (unpaired) electrons. The second kappa shape index (κ2) is 5.00.